The topological polar surface area (TPSA) is 42.0 Å². The van der Waals surface area contributed by atoms with Crippen LogP contribution in [0.3, 0.4) is 0 Å². The molecule has 0 spiro atoms. The molecule has 0 aliphatic heterocycles. The van der Waals surface area contributed by atoms with Crippen LogP contribution in [0.5, 0.6) is 0 Å². The monoisotopic (exact) mass is 234 g/mol. The molecule has 0 aromatic carbocycles. The number of hydrogen-bond acceptors (Lipinski definition) is 2. The van der Waals surface area contributed by atoms with Gasteiger partial charge in [-0.1, -0.05) is 20.3 Å². The van der Waals surface area contributed by atoms with Crippen LogP contribution in [0.15, 0.2) is 6.07 Å². The van der Waals surface area contributed by atoms with E-state index in [1.165, 1.54) is 0 Å². The van der Waals surface area contributed by atoms with Gasteiger partial charge in [-0.25, -0.2) is 0 Å². The molecule has 3 nitrogen and oxygen atoms in total. The van der Waals surface area contributed by atoms with Crippen LogP contribution in [0.25, 0.3) is 0 Å². The number of carbonyl (C=O) groups is 1. The number of nitrogens with zero attached hydrogens (tertiary/aromatic N) is 1. The molecule has 1 amide bonds. The quantitative estimate of drug-likeness (QED) is 0.867. The van der Waals surface area contributed by atoms with Crippen LogP contribution in [0.1, 0.15) is 43.6 Å². The minimum absolute atomic E-state index is 0.0798. The highest BCUT2D eigenvalue weighted by Gasteiger charge is 2.11. The largest absolute Gasteiger partial charge is 0.324 e. The molecule has 94 valence electrons. The summed E-state index contributed by atoms with van der Waals surface area (Å²) in [7, 11) is 0. The Morgan fingerprint density at radius 2 is 2.06 bits per heavy atom. The lowest BCUT2D eigenvalue weighted by atomic mass is 10.0. The van der Waals surface area contributed by atoms with Gasteiger partial charge in [-0.2, -0.15) is 0 Å². The van der Waals surface area contributed by atoms with Crippen LogP contribution in [0.4, 0.5) is 5.69 Å². The number of amides is 1. The molecule has 0 aliphatic rings. The summed E-state index contributed by atoms with van der Waals surface area (Å²) in [5.74, 6) is 0.505. The fraction of sp³-hybridized carbons (Fsp3) is 0.571. The van der Waals surface area contributed by atoms with Gasteiger partial charge in [-0.05, 0) is 38.3 Å². The van der Waals surface area contributed by atoms with Crippen molar-refractivity contribution in [2.24, 2.45) is 5.92 Å². The van der Waals surface area contributed by atoms with E-state index in [1.54, 1.807) is 0 Å². The Hall–Kier alpha value is -1.38. The zero-order valence-corrected chi connectivity index (χ0v) is 11.4. The van der Waals surface area contributed by atoms with Crippen molar-refractivity contribution in [1.29, 1.82) is 0 Å². The first-order chi connectivity index (χ1) is 7.93. The second-order valence-corrected chi connectivity index (χ2v) is 4.81. The third kappa shape index (κ3) is 3.84. The smallest absolute Gasteiger partial charge is 0.224 e. The van der Waals surface area contributed by atoms with Crippen LogP contribution >= 0.6 is 0 Å². The summed E-state index contributed by atoms with van der Waals surface area (Å²) < 4.78 is 0. The van der Waals surface area contributed by atoms with Gasteiger partial charge in [0.2, 0.25) is 5.91 Å². The number of aryl methyl sites for hydroxylation is 3. The standard InChI is InChI=1S/C14H22N2O/c1-6-9(2)7-13(17)16-14-10(3)8-11(4)15-12(14)5/h8-9H,6-7H2,1-5H3,(H,16,17). The van der Waals surface area contributed by atoms with E-state index in [4.69, 9.17) is 0 Å². The number of nitrogens with one attached hydrogen (secondary N) is 1. The van der Waals surface area contributed by atoms with Gasteiger partial charge in [-0.15, -0.1) is 0 Å². The first-order valence-corrected chi connectivity index (χ1v) is 6.18. The van der Waals surface area contributed by atoms with E-state index in [2.05, 4.69) is 24.1 Å². The molecule has 1 rings (SSSR count). The number of hydrogen-bond donors (Lipinski definition) is 1. The van der Waals surface area contributed by atoms with E-state index in [0.717, 1.165) is 29.1 Å². The Labute approximate surface area is 104 Å². The fourth-order valence-corrected chi connectivity index (χ4v) is 1.86. The lowest BCUT2D eigenvalue weighted by Gasteiger charge is -2.13. The number of carbonyl (C=O) groups excluding carboxylic acids is 1. The molecule has 0 saturated heterocycles. The van der Waals surface area contributed by atoms with Crippen LogP contribution in [-0.4, -0.2) is 10.9 Å². The van der Waals surface area contributed by atoms with E-state index in [9.17, 15) is 4.79 Å². The Bertz CT molecular complexity index is 390. The van der Waals surface area contributed by atoms with Gasteiger partial charge < -0.3 is 5.32 Å². The molecule has 0 fully saturated rings. The fourth-order valence-electron chi connectivity index (χ4n) is 1.86. The van der Waals surface area contributed by atoms with Gasteiger partial charge in [0.05, 0.1) is 11.4 Å². The number of rotatable bonds is 4. The molecule has 0 aliphatic carbocycles. The number of aromatic nitrogens is 1. The summed E-state index contributed by atoms with van der Waals surface area (Å²) in [5, 5.41) is 2.97. The molecule has 3 heteroatoms. The summed E-state index contributed by atoms with van der Waals surface area (Å²) in [6, 6.07) is 1.99. The zero-order chi connectivity index (χ0) is 13.0. The second-order valence-electron chi connectivity index (χ2n) is 4.81. The molecule has 1 heterocycles. The molecule has 0 radical (unpaired) electrons. The van der Waals surface area contributed by atoms with E-state index >= 15 is 0 Å². The maximum absolute atomic E-state index is 11.8. The van der Waals surface area contributed by atoms with Crippen molar-refractivity contribution in [3.05, 3.63) is 23.0 Å². The predicted molar refractivity (Wildman–Crippen MR) is 71.1 cm³/mol. The molecule has 0 bridgehead atoms. The predicted octanol–water partition coefficient (Wildman–Crippen LogP) is 3.38. The van der Waals surface area contributed by atoms with Crippen molar-refractivity contribution < 1.29 is 4.79 Å². The van der Waals surface area contributed by atoms with Crippen molar-refractivity contribution in [3.8, 4) is 0 Å². The van der Waals surface area contributed by atoms with E-state index in [0.29, 0.717) is 12.3 Å². The minimum Gasteiger partial charge on any atom is -0.324 e. The van der Waals surface area contributed by atoms with Gasteiger partial charge in [-0.3, -0.25) is 9.78 Å². The van der Waals surface area contributed by atoms with Crippen molar-refractivity contribution >= 4 is 11.6 Å². The van der Waals surface area contributed by atoms with Gasteiger partial charge in [0.15, 0.2) is 0 Å². The Balaban J connectivity index is 2.78. The first-order valence-electron chi connectivity index (χ1n) is 6.18. The summed E-state index contributed by atoms with van der Waals surface area (Å²) in [4.78, 5) is 16.2. The van der Waals surface area contributed by atoms with Gasteiger partial charge in [0.25, 0.3) is 0 Å². The highest BCUT2D eigenvalue weighted by Crippen LogP contribution is 2.20. The molecule has 1 atom stereocenters. The SMILES string of the molecule is CCC(C)CC(=O)Nc1c(C)cc(C)nc1C. The molecule has 1 aromatic heterocycles. The highest BCUT2D eigenvalue weighted by atomic mass is 16.1. The maximum atomic E-state index is 11.8. The molecule has 1 N–H and O–H groups in total. The van der Waals surface area contributed by atoms with Gasteiger partial charge in [0, 0.05) is 12.1 Å². The van der Waals surface area contributed by atoms with Crippen LogP contribution in [0, 0.1) is 26.7 Å². The second kappa shape index (κ2) is 5.80. The van der Waals surface area contributed by atoms with Crippen LogP contribution in [-0.2, 0) is 4.79 Å². The van der Waals surface area contributed by atoms with Crippen molar-refractivity contribution in [2.45, 2.75) is 47.5 Å². The molecular formula is C14H22N2O. The first kappa shape index (κ1) is 13.7. The third-order valence-corrected chi connectivity index (χ3v) is 3.02. The number of pyridine rings is 1. The lowest BCUT2D eigenvalue weighted by molar-refractivity contribution is -0.117. The number of anilines is 1. The van der Waals surface area contributed by atoms with Gasteiger partial charge in [0.1, 0.15) is 0 Å². The summed E-state index contributed by atoms with van der Waals surface area (Å²) in [6.45, 7) is 10.1. The van der Waals surface area contributed by atoms with Gasteiger partial charge >= 0.3 is 0 Å². The highest BCUT2D eigenvalue weighted by molar-refractivity contribution is 5.92. The molecular weight excluding hydrogens is 212 g/mol. The lowest BCUT2D eigenvalue weighted by Crippen LogP contribution is -2.16. The minimum atomic E-state index is 0.0798. The Morgan fingerprint density at radius 3 is 2.59 bits per heavy atom. The normalized spacial score (nSPS) is 12.3. The third-order valence-electron chi connectivity index (χ3n) is 3.02. The zero-order valence-electron chi connectivity index (χ0n) is 11.4. The van der Waals surface area contributed by atoms with E-state index in [1.807, 2.05) is 26.8 Å². The van der Waals surface area contributed by atoms with Crippen molar-refractivity contribution in [3.63, 3.8) is 0 Å². The molecule has 1 aromatic rings. The summed E-state index contributed by atoms with van der Waals surface area (Å²) in [6.07, 6.45) is 1.60. The van der Waals surface area contributed by atoms with Crippen molar-refractivity contribution in [1.82, 2.24) is 4.98 Å². The summed E-state index contributed by atoms with van der Waals surface area (Å²) in [5.41, 5.74) is 3.82. The average Bonchev–Trinajstić information content (AvgIpc) is 2.23. The molecule has 0 saturated carbocycles. The Morgan fingerprint density at radius 1 is 1.41 bits per heavy atom. The van der Waals surface area contributed by atoms with Crippen molar-refractivity contribution in [2.75, 3.05) is 5.32 Å². The van der Waals surface area contributed by atoms with Crippen LogP contribution < -0.4 is 5.32 Å². The van der Waals surface area contributed by atoms with Crippen LogP contribution in [0.2, 0.25) is 0 Å². The Kier molecular flexibility index (Phi) is 4.67. The average molecular weight is 234 g/mol. The maximum Gasteiger partial charge on any atom is 0.224 e. The molecule has 17 heavy (non-hydrogen) atoms. The van der Waals surface area contributed by atoms with E-state index < -0.39 is 0 Å². The summed E-state index contributed by atoms with van der Waals surface area (Å²) >= 11 is 0. The van der Waals surface area contributed by atoms with E-state index in [-0.39, 0.29) is 5.91 Å². The molecule has 1 unspecified atom stereocenters.